The van der Waals surface area contributed by atoms with E-state index >= 15 is 0 Å². The van der Waals surface area contributed by atoms with Crippen molar-refractivity contribution in [3.63, 3.8) is 0 Å². The van der Waals surface area contributed by atoms with Crippen LogP contribution in [-0.4, -0.2) is 21.5 Å². The average molecular weight is 400 g/mol. The SMILES string of the molecule is CCc1ccc(C(=O)C2CC(=O)Nc3c2c(C)nn3-c2ccc(Cl)cc2)s1. The maximum absolute atomic E-state index is 13.2. The predicted molar refractivity (Wildman–Crippen MR) is 107 cm³/mol. The van der Waals surface area contributed by atoms with Crippen molar-refractivity contribution in [2.24, 2.45) is 0 Å². The van der Waals surface area contributed by atoms with Crippen molar-refractivity contribution in [1.82, 2.24) is 9.78 Å². The summed E-state index contributed by atoms with van der Waals surface area (Å²) in [7, 11) is 0. The molecule has 4 rings (SSSR count). The largest absolute Gasteiger partial charge is 0.310 e. The Hall–Kier alpha value is -2.44. The molecule has 1 aromatic carbocycles. The molecule has 7 heteroatoms. The molecule has 3 heterocycles. The number of aryl methyl sites for hydroxylation is 2. The molecule has 1 atom stereocenters. The number of carbonyl (C=O) groups is 2. The summed E-state index contributed by atoms with van der Waals surface area (Å²) in [6, 6.07) is 11.0. The molecule has 0 bridgehead atoms. The van der Waals surface area contributed by atoms with Crippen molar-refractivity contribution < 1.29 is 9.59 Å². The van der Waals surface area contributed by atoms with Gasteiger partial charge in [0.05, 0.1) is 22.2 Å². The molecular weight excluding hydrogens is 382 g/mol. The van der Waals surface area contributed by atoms with Crippen molar-refractivity contribution >= 4 is 40.4 Å². The summed E-state index contributed by atoms with van der Waals surface area (Å²) < 4.78 is 1.67. The van der Waals surface area contributed by atoms with Gasteiger partial charge in [0.25, 0.3) is 0 Å². The second-order valence-corrected chi connectivity index (χ2v) is 8.13. The van der Waals surface area contributed by atoms with Gasteiger partial charge in [-0.1, -0.05) is 18.5 Å². The topological polar surface area (TPSA) is 64.0 Å². The van der Waals surface area contributed by atoms with Gasteiger partial charge in [-0.05, 0) is 49.7 Å². The van der Waals surface area contributed by atoms with E-state index in [0.717, 1.165) is 28.2 Å². The molecule has 5 nitrogen and oxygen atoms in total. The number of rotatable bonds is 4. The molecule has 3 aromatic rings. The standard InChI is InChI=1S/C20H18ClN3O2S/c1-3-14-8-9-16(27-14)19(26)15-10-17(25)22-20-18(15)11(2)23-24(20)13-6-4-12(21)5-7-13/h4-9,15H,3,10H2,1-2H3,(H,22,25). The van der Waals surface area contributed by atoms with Gasteiger partial charge in [-0.25, -0.2) is 4.68 Å². The second-order valence-electron chi connectivity index (χ2n) is 6.52. The van der Waals surface area contributed by atoms with E-state index in [9.17, 15) is 9.59 Å². The van der Waals surface area contributed by atoms with Crippen LogP contribution in [0.15, 0.2) is 36.4 Å². The molecule has 1 unspecified atom stereocenters. The van der Waals surface area contributed by atoms with Crippen LogP contribution < -0.4 is 5.32 Å². The third kappa shape index (κ3) is 3.19. The van der Waals surface area contributed by atoms with Gasteiger partial charge in [0.15, 0.2) is 5.78 Å². The molecule has 0 saturated carbocycles. The molecule has 138 valence electrons. The summed E-state index contributed by atoms with van der Waals surface area (Å²) in [5.41, 5.74) is 2.31. The summed E-state index contributed by atoms with van der Waals surface area (Å²) in [5, 5.41) is 8.10. The molecule has 2 aromatic heterocycles. The van der Waals surface area contributed by atoms with Crippen LogP contribution in [0.2, 0.25) is 5.02 Å². The van der Waals surface area contributed by atoms with Gasteiger partial charge in [-0.15, -0.1) is 11.3 Å². The molecule has 1 amide bonds. The van der Waals surface area contributed by atoms with Crippen LogP contribution in [0.5, 0.6) is 0 Å². The first kappa shape index (κ1) is 17.9. The number of hydrogen-bond acceptors (Lipinski definition) is 4. The van der Waals surface area contributed by atoms with Crippen LogP contribution in [0, 0.1) is 6.92 Å². The molecule has 1 aliphatic heterocycles. The summed E-state index contributed by atoms with van der Waals surface area (Å²) in [5.74, 6) is -0.146. The van der Waals surface area contributed by atoms with Crippen molar-refractivity contribution in [3.05, 3.63) is 62.4 Å². The Morgan fingerprint density at radius 3 is 2.70 bits per heavy atom. The van der Waals surface area contributed by atoms with E-state index in [0.29, 0.717) is 15.7 Å². The van der Waals surface area contributed by atoms with Gasteiger partial charge in [-0.3, -0.25) is 9.59 Å². The monoisotopic (exact) mass is 399 g/mol. The molecule has 0 spiro atoms. The molecule has 27 heavy (non-hydrogen) atoms. The van der Waals surface area contributed by atoms with Gasteiger partial charge < -0.3 is 5.32 Å². The Labute approximate surface area is 166 Å². The van der Waals surface area contributed by atoms with E-state index in [2.05, 4.69) is 17.3 Å². The molecule has 1 aliphatic rings. The number of benzene rings is 1. The van der Waals surface area contributed by atoms with E-state index < -0.39 is 5.92 Å². The number of fused-ring (bicyclic) bond motifs is 1. The van der Waals surface area contributed by atoms with E-state index in [1.54, 1.807) is 16.8 Å². The lowest BCUT2D eigenvalue weighted by atomic mass is 9.87. The number of halogens is 1. The summed E-state index contributed by atoms with van der Waals surface area (Å²) in [4.78, 5) is 27.4. The molecule has 0 saturated heterocycles. The fourth-order valence-electron chi connectivity index (χ4n) is 3.41. The minimum absolute atomic E-state index is 0.0189. The Balaban J connectivity index is 1.79. The fraction of sp³-hybridized carbons (Fsp3) is 0.250. The molecule has 0 fully saturated rings. The molecule has 0 radical (unpaired) electrons. The number of carbonyl (C=O) groups excluding carboxylic acids is 2. The van der Waals surface area contributed by atoms with Gasteiger partial charge >= 0.3 is 0 Å². The maximum atomic E-state index is 13.2. The number of anilines is 1. The third-order valence-corrected chi connectivity index (χ3v) is 6.24. The van der Waals surface area contributed by atoms with Crippen LogP contribution in [0.1, 0.15) is 45.1 Å². The Kier molecular flexibility index (Phi) is 4.61. The minimum Gasteiger partial charge on any atom is -0.310 e. The van der Waals surface area contributed by atoms with Gasteiger partial charge in [-0.2, -0.15) is 5.10 Å². The summed E-state index contributed by atoms with van der Waals surface area (Å²) in [6.45, 7) is 3.93. The van der Waals surface area contributed by atoms with E-state index in [1.807, 2.05) is 31.2 Å². The fourth-order valence-corrected chi connectivity index (χ4v) is 4.48. The van der Waals surface area contributed by atoms with Crippen LogP contribution in [0.4, 0.5) is 5.82 Å². The van der Waals surface area contributed by atoms with Crippen molar-refractivity contribution in [2.75, 3.05) is 5.32 Å². The maximum Gasteiger partial charge on any atom is 0.226 e. The van der Waals surface area contributed by atoms with E-state index in [-0.39, 0.29) is 18.1 Å². The number of nitrogens with one attached hydrogen (secondary N) is 1. The Morgan fingerprint density at radius 1 is 1.30 bits per heavy atom. The van der Waals surface area contributed by atoms with Gasteiger partial charge in [0.2, 0.25) is 5.91 Å². The highest BCUT2D eigenvalue weighted by Gasteiger charge is 2.36. The van der Waals surface area contributed by atoms with Crippen LogP contribution in [-0.2, 0) is 11.2 Å². The summed E-state index contributed by atoms with van der Waals surface area (Å²) >= 11 is 7.47. The number of ketones is 1. The third-order valence-electron chi connectivity index (χ3n) is 4.74. The zero-order valence-electron chi connectivity index (χ0n) is 15.0. The highest BCUT2D eigenvalue weighted by molar-refractivity contribution is 7.14. The molecule has 1 N–H and O–H groups in total. The lowest BCUT2D eigenvalue weighted by Gasteiger charge is -2.22. The smallest absolute Gasteiger partial charge is 0.226 e. The first-order valence-electron chi connectivity index (χ1n) is 8.76. The molecular formula is C20H18ClN3O2S. The van der Waals surface area contributed by atoms with Crippen molar-refractivity contribution in [2.45, 2.75) is 32.6 Å². The number of thiophene rings is 1. The van der Waals surface area contributed by atoms with Gasteiger partial charge in [0.1, 0.15) is 5.82 Å². The lowest BCUT2D eigenvalue weighted by Crippen LogP contribution is -2.28. The van der Waals surface area contributed by atoms with Crippen LogP contribution >= 0.6 is 22.9 Å². The second kappa shape index (κ2) is 6.94. The van der Waals surface area contributed by atoms with E-state index in [1.165, 1.54) is 11.3 Å². The zero-order chi connectivity index (χ0) is 19.1. The van der Waals surface area contributed by atoms with Crippen LogP contribution in [0.25, 0.3) is 5.69 Å². The normalized spacial score (nSPS) is 16.1. The van der Waals surface area contributed by atoms with Crippen molar-refractivity contribution in [1.29, 1.82) is 0 Å². The quantitative estimate of drug-likeness (QED) is 0.643. The highest BCUT2D eigenvalue weighted by atomic mass is 35.5. The number of amides is 1. The number of aromatic nitrogens is 2. The number of hydrogen-bond donors (Lipinski definition) is 1. The van der Waals surface area contributed by atoms with E-state index in [4.69, 9.17) is 11.6 Å². The first-order chi connectivity index (χ1) is 13.0. The number of nitrogens with zero attached hydrogens (tertiary/aromatic N) is 2. The number of Topliss-reactive ketones (excluding diaryl/α,β-unsaturated/α-hetero) is 1. The predicted octanol–water partition coefficient (Wildman–Crippen LogP) is 4.77. The summed E-state index contributed by atoms with van der Waals surface area (Å²) in [6.07, 6.45) is 1.03. The zero-order valence-corrected chi connectivity index (χ0v) is 16.5. The minimum atomic E-state index is -0.516. The Bertz CT molecular complexity index is 1040. The first-order valence-corrected chi connectivity index (χ1v) is 9.95. The average Bonchev–Trinajstić information content (AvgIpc) is 3.26. The van der Waals surface area contributed by atoms with Crippen LogP contribution in [0.3, 0.4) is 0 Å². The van der Waals surface area contributed by atoms with Gasteiger partial charge in [0, 0.05) is 21.9 Å². The lowest BCUT2D eigenvalue weighted by molar-refractivity contribution is -0.116. The Morgan fingerprint density at radius 2 is 2.04 bits per heavy atom. The molecule has 0 aliphatic carbocycles. The highest BCUT2D eigenvalue weighted by Crippen LogP contribution is 2.39. The van der Waals surface area contributed by atoms with Crippen molar-refractivity contribution in [3.8, 4) is 5.69 Å².